The molecular formula is C28H29ClN2O. The standard InChI is InChI=1S/C28H29ClN2O/c1-20(2)17-30-28(32)16-24(22-12-6-8-14-26(22)29)25-19-31(18-21-10-4-3-5-11-21)27-15-9-7-13-23(25)27/h3-15,19-20,24H,16-18H2,1-2H3,(H,30,32)/t24-/m0/s1. The Hall–Kier alpha value is -3.04. The van der Waals surface area contributed by atoms with E-state index < -0.39 is 0 Å². The molecule has 0 fully saturated rings. The number of carbonyl (C=O) groups is 1. The molecule has 0 aliphatic heterocycles. The van der Waals surface area contributed by atoms with Crippen molar-refractivity contribution in [2.24, 2.45) is 5.92 Å². The zero-order valence-electron chi connectivity index (χ0n) is 18.6. The smallest absolute Gasteiger partial charge is 0.220 e. The normalized spacial score (nSPS) is 12.2. The van der Waals surface area contributed by atoms with Crippen molar-refractivity contribution in [2.45, 2.75) is 32.7 Å². The molecule has 4 rings (SSSR count). The van der Waals surface area contributed by atoms with Crippen LogP contribution in [-0.2, 0) is 11.3 Å². The largest absolute Gasteiger partial charge is 0.356 e. The second kappa shape index (κ2) is 10.1. The van der Waals surface area contributed by atoms with Crippen molar-refractivity contribution in [1.29, 1.82) is 0 Å². The predicted octanol–water partition coefficient (Wildman–Crippen LogP) is 6.64. The zero-order chi connectivity index (χ0) is 22.5. The number of rotatable bonds is 8. The first kappa shape index (κ1) is 22.2. The number of nitrogens with one attached hydrogen (secondary N) is 1. The van der Waals surface area contributed by atoms with Crippen LogP contribution in [-0.4, -0.2) is 17.0 Å². The monoisotopic (exact) mass is 444 g/mol. The van der Waals surface area contributed by atoms with Crippen LogP contribution in [0.25, 0.3) is 10.9 Å². The Morgan fingerprint density at radius 3 is 2.34 bits per heavy atom. The third-order valence-electron chi connectivity index (χ3n) is 5.77. The highest BCUT2D eigenvalue weighted by atomic mass is 35.5. The summed E-state index contributed by atoms with van der Waals surface area (Å²) in [6.07, 6.45) is 2.55. The molecule has 0 spiro atoms. The maximum Gasteiger partial charge on any atom is 0.220 e. The minimum absolute atomic E-state index is 0.0449. The highest BCUT2D eigenvalue weighted by Crippen LogP contribution is 2.37. The summed E-state index contributed by atoms with van der Waals surface area (Å²) < 4.78 is 2.27. The van der Waals surface area contributed by atoms with Crippen molar-refractivity contribution in [3.8, 4) is 0 Å². The van der Waals surface area contributed by atoms with Gasteiger partial charge in [0.15, 0.2) is 0 Å². The molecule has 4 heteroatoms. The molecule has 0 bridgehead atoms. The summed E-state index contributed by atoms with van der Waals surface area (Å²) >= 11 is 6.63. The van der Waals surface area contributed by atoms with Crippen molar-refractivity contribution in [3.05, 3.63) is 107 Å². The van der Waals surface area contributed by atoms with E-state index in [2.05, 4.69) is 78.5 Å². The summed E-state index contributed by atoms with van der Waals surface area (Å²) in [5.41, 5.74) is 4.51. The Bertz CT molecular complexity index is 1200. The molecule has 1 N–H and O–H groups in total. The molecule has 0 saturated heterocycles. The van der Waals surface area contributed by atoms with Gasteiger partial charge in [0, 0.05) is 47.6 Å². The molecule has 3 nitrogen and oxygen atoms in total. The van der Waals surface area contributed by atoms with Gasteiger partial charge >= 0.3 is 0 Å². The number of halogens is 1. The van der Waals surface area contributed by atoms with Crippen LogP contribution in [0, 0.1) is 5.92 Å². The minimum Gasteiger partial charge on any atom is -0.356 e. The van der Waals surface area contributed by atoms with Crippen LogP contribution >= 0.6 is 11.6 Å². The number of hydrogen-bond acceptors (Lipinski definition) is 1. The zero-order valence-corrected chi connectivity index (χ0v) is 19.3. The van der Waals surface area contributed by atoms with Crippen LogP contribution in [0.15, 0.2) is 85.1 Å². The number of para-hydroxylation sites is 1. The first-order valence-corrected chi connectivity index (χ1v) is 11.5. The van der Waals surface area contributed by atoms with E-state index in [1.165, 1.54) is 5.56 Å². The van der Waals surface area contributed by atoms with E-state index >= 15 is 0 Å². The van der Waals surface area contributed by atoms with Crippen LogP contribution < -0.4 is 5.32 Å². The van der Waals surface area contributed by atoms with E-state index in [0.29, 0.717) is 23.9 Å². The lowest BCUT2D eigenvalue weighted by molar-refractivity contribution is -0.121. The molecule has 0 aliphatic rings. The van der Waals surface area contributed by atoms with Gasteiger partial charge in [0.2, 0.25) is 5.91 Å². The van der Waals surface area contributed by atoms with Gasteiger partial charge in [0.1, 0.15) is 0 Å². The van der Waals surface area contributed by atoms with Gasteiger partial charge in [0.05, 0.1) is 0 Å². The fourth-order valence-corrected chi connectivity index (χ4v) is 4.45. The van der Waals surface area contributed by atoms with E-state index in [0.717, 1.165) is 28.6 Å². The van der Waals surface area contributed by atoms with E-state index in [-0.39, 0.29) is 11.8 Å². The number of nitrogens with zero attached hydrogens (tertiary/aromatic N) is 1. The average molecular weight is 445 g/mol. The second-order valence-electron chi connectivity index (χ2n) is 8.69. The fourth-order valence-electron chi connectivity index (χ4n) is 4.18. The Labute approximate surface area is 195 Å². The van der Waals surface area contributed by atoms with E-state index in [9.17, 15) is 4.79 Å². The minimum atomic E-state index is -0.127. The van der Waals surface area contributed by atoms with Gasteiger partial charge in [-0.25, -0.2) is 0 Å². The SMILES string of the molecule is CC(C)CNC(=O)C[C@@H](c1ccccc1Cl)c1cn(Cc2ccccc2)c2ccccc12. The number of hydrogen-bond donors (Lipinski definition) is 1. The van der Waals surface area contributed by atoms with Gasteiger partial charge < -0.3 is 9.88 Å². The fraction of sp³-hybridized carbons (Fsp3) is 0.250. The molecule has 0 saturated carbocycles. The number of amides is 1. The molecule has 4 aromatic rings. The van der Waals surface area contributed by atoms with Gasteiger partial charge in [-0.2, -0.15) is 0 Å². The first-order chi connectivity index (χ1) is 15.5. The van der Waals surface area contributed by atoms with Gasteiger partial charge in [-0.3, -0.25) is 4.79 Å². The topological polar surface area (TPSA) is 34.0 Å². The van der Waals surface area contributed by atoms with E-state index in [1.807, 2.05) is 30.3 Å². The Kier molecular flexibility index (Phi) is 6.96. The van der Waals surface area contributed by atoms with Crippen LogP contribution in [0.4, 0.5) is 0 Å². The van der Waals surface area contributed by atoms with Crippen LogP contribution in [0.1, 0.15) is 42.9 Å². The van der Waals surface area contributed by atoms with Crippen molar-refractivity contribution in [3.63, 3.8) is 0 Å². The molecule has 0 aliphatic carbocycles. The summed E-state index contributed by atoms with van der Waals surface area (Å²) in [6, 6.07) is 26.7. The van der Waals surface area contributed by atoms with Crippen molar-refractivity contribution < 1.29 is 4.79 Å². The maximum absolute atomic E-state index is 12.9. The van der Waals surface area contributed by atoms with Gasteiger partial charge in [-0.1, -0.05) is 92.2 Å². The third kappa shape index (κ3) is 5.05. The van der Waals surface area contributed by atoms with Gasteiger partial charge in [-0.15, -0.1) is 0 Å². The maximum atomic E-state index is 12.9. The lowest BCUT2D eigenvalue weighted by Gasteiger charge is -2.19. The second-order valence-corrected chi connectivity index (χ2v) is 9.10. The molecule has 0 radical (unpaired) electrons. The first-order valence-electron chi connectivity index (χ1n) is 11.2. The number of benzene rings is 3. The Balaban J connectivity index is 1.77. The summed E-state index contributed by atoms with van der Waals surface area (Å²) in [6.45, 7) is 5.64. The number of carbonyl (C=O) groups excluding carboxylic acids is 1. The molecular weight excluding hydrogens is 416 g/mol. The lowest BCUT2D eigenvalue weighted by atomic mass is 9.88. The molecule has 1 atom stereocenters. The molecule has 1 amide bonds. The molecule has 0 unspecified atom stereocenters. The number of fused-ring (bicyclic) bond motifs is 1. The van der Waals surface area contributed by atoms with Crippen molar-refractivity contribution in [2.75, 3.05) is 6.54 Å². The number of aromatic nitrogens is 1. The van der Waals surface area contributed by atoms with Gasteiger partial charge in [-0.05, 0) is 34.7 Å². The van der Waals surface area contributed by atoms with Crippen molar-refractivity contribution >= 4 is 28.4 Å². The third-order valence-corrected chi connectivity index (χ3v) is 6.11. The Morgan fingerprint density at radius 2 is 1.59 bits per heavy atom. The molecule has 1 heterocycles. The van der Waals surface area contributed by atoms with E-state index in [1.54, 1.807) is 0 Å². The van der Waals surface area contributed by atoms with E-state index in [4.69, 9.17) is 11.6 Å². The highest BCUT2D eigenvalue weighted by molar-refractivity contribution is 6.31. The lowest BCUT2D eigenvalue weighted by Crippen LogP contribution is -2.28. The van der Waals surface area contributed by atoms with Crippen LogP contribution in [0.5, 0.6) is 0 Å². The summed E-state index contributed by atoms with van der Waals surface area (Å²) in [7, 11) is 0. The predicted molar refractivity (Wildman–Crippen MR) is 133 cm³/mol. The highest BCUT2D eigenvalue weighted by Gasteiger charge is 2.24. The van der Waals surface area contributed by atoms with Gasteiger partial charge in [0.25, 0.3) is 0 Å². The summed E-state index contributed by atoms with van der Waals surface area (Å²) in [5.74, 6) is 0.326. The summed E-state index contributed by atoms with van der Waals surface area (Å²) in [5, 5.41) is 4.92. The summed E-state index contributed by atoms with van der Waals surface area (Å²) in [4.78, 5) is 12.9. The van der Waals surface area contributed by atoms with Crippen LogP contribution in [0.2, 0.25) is 5.02 Å². The molecule has 164 valence electrons. The average Bonchev–Trinajstić information content (AvgIpc) is 3.15. The Morgan fingerprint density at radius 1 is 0.906 bits per heavy atom. The molecule has 3 aromatic carbocycles. The van der Waals surface area contributed by atoms with Crippen LogP contribution in [0.3, 0.4) is 0 Å². The molecule has 1 aromatic heterocycles. The quantitative estimate of drug-likeness (QED) is 0.325. The van der Waals surface area contributed by atoms with Crippen molar-refractivity contribution in [1.82, 2.24) is 9.88 Å². The molecule has 32 heavy (non-hydrogen) atoms.